The molecule has 0 spiro atoms. The van der Waals surface area contributed by atoms with Crippen LogP contribution in [0.3, 0.4) is 0 Å². The number of aromatic nitrogens is 1. The van der Waals surface area contributed by atoms with Crippen molar-refractivity contribution in [2.24, 2.45) is 0 Å². The molecule has 0 fully saturated rings. The van der Waals surface area contributed by atoms with Crippen LogP contribution in [0.2, 0.25) is 0 Å². The molecule has 3 nitrogen and oxygen atoms in total. The van der Waals surface area contributed by atoms with E-state index < -0.39 is 0 Å². The van der Waals surface area contributed by atoms with Crippen molar-refractivity contribution in [3.63, 3.8) is 0 Å². The minimum absolute atomic E-state index is 0.105. The first-order chi connectivity index (χ1) is 10.6. The number of rotatable bonds is 3. The van der Waals surface area contributed by atoms with Crippen molar-refractivity contribution in [2.75, 3.05) is 5.32 Å². The third-order valence-corrected chi connectivity index (χ3v) is 4.62. The molecule has 0 aliphatic heterocycles. The number of aryl methyl sites for hydroxylation is 2. The second-order valence-corrected chi connectivity index (χ2v) is 6.07. The Morgan fingerprint density at radius 3 is 2.41 bits per heavy atom. The van der Waals surface area contributed by atoms with Gasteiger partial charge in [0.2, 0.25) is 0 Å². The molecular weight excluding hydrogens is 292 g/mol. The molecule has 4 heteroatoms. The zero-order chi connectivity index (χ0) is 15.5. The predicted molar refractivity (Wildman–Crippen MR) is 91.4 cm³/mol. The van der Waals surface area contributed by atoms with E-state index in [0.29, 0.717) is 4.88 Å². The molecule has 0 radical (unpaired) electrons. The maximum atomic E-state index is 12.5. The summed E-state index contributed by atoms with van der Waals surface area (Å²) in [6.45, 7) is 3.85. The van der Waals surface area contributed by atoms with Crippen LogP contribution < -0.4 is 5.32 Å². The van der Waals surface area contributed by atoms with Crippen LogP contribution in [0.15, 0.2) is 54.6 Å². The van der Waals surface area contributed by atoms with Crippen LogP contribution in [-0.4, -0.2) is 10.9 Å². The van der Waals surface area contributed by atoms with Gasteiger partial charge < -0.3 is 5.32 Å². The SMILES string of the molecule is Cc1ccccc1NC(=O)c1sc(-c2ccccc2)nc1C. The zero-order valence-electron chi connectivity index (χ0n) is 12.5. The molecule has 0 aliphatic carbocycles. The predicted octanol–water partition coefficient (Wildman–Crippen LogP) is 4.68. The number of hydrogen-bond donors (Lipinski definition) is 1. The summed E-state index contributed by atoms with van der Waals surface area (Å²) in [5.74, 6) is -0.105. The second-order valence-electron chi connectivity index (χ2n) is 5.07. The van der Waals surface area contributed by atoms with Crippen molar-refractivity contribution < 1.29 is 4.79 Å². The molecule has 0 saturated carbocycles. The molecule has 0 unspecified atom stereocenters. The summed E-state index contributed by atoms with van der Waals surface area (Å²) in [5.41, 5.74) is 3.67. The monoisotopic (exact) mass is 308 g/mol. The lowest BCUT2D eigenvalue weighted by molar-refractivity contribution is 0.102. The van der Waals surface area contributed by atoms with Gasteiger partial charge in [-0.1, -0.05) is 48.5 Å². The highest BCUT2D eigenvalue weighted by atomic mass is 32.1. The first-order valence-corrected chi connectivity index (χ1v) is 7.86. The minimum Gasteiger partial charge on any atom is -0.321 e. The van der Waals surface area contributed by atoms with Crippen molar-refractivity contribution in [1.82, 2.24) is 4.98 Å². The molecule has 1 heterocycles. The van der Waals surface area contributed by atoms with E-state index in [-0.39, 0.29) is 5.91 Å². The second kappa shape index (κ2) is 6.12. The Balaban J connectivity index is 1.88. The smallest absolute Gasteiger partial charge is 0.267 e. The molecule has 1 N–H and O–H groups in total. The van der Waals surface area contributed by atoms with Crippen molar-refractivity contribution in [2.45, 2.75) is 13.8 Å². The Morgan fingerprint density at radius 1 is 1.00 bits per heavy atom. The lowest BCUT2D eigenvalue weighted by Crippen LogP contribution is -2.12. The van der Waals surface area contributed by atoms with Gasteiger partial charge in [-0.25, -0.2) is 4.98 Å². The van der Waals surface area contributed by atoms with Crippen LogP contribution in [0.25, 0.3) is 10.6 Å². The molecule has 2 aromatic carbocycles. The third-order valence-electron chi connectivity index (χ3n) is 3.42. The van der Waals surface area contributed by atoms with E-state index in [1.54, 1.807) is 0 Å². The fourth-order valence-electron chi connectivity index (χ4n) is 2.20. The Bertz CT molecular complexity index is 809. The van der Waals surface area contributed by atoms with Gasteiger partial charge in [-0.05, 0) is 25.5 Å². The molecule has 0 atom stereocenters. The van der Waals surface area contributed by atoms with Crippen LogP contribution in [0.1, 0.15) is 20.9 Å². The highest BCUT2D eigenvalue weighted by Gasteiger charge is 2.16. The lowest BCUT2D eigenvalue weighted by Gasteiger charge is -2.06. The summed E-state index contributed by atoms with van der Waals surface area (Å²) in [6.07, 6.45) is 0. The molecule has 1 aromatic heterocycles. The van der Waals surface area contributed by atoms with E-state index in [2.05, 4.69) is 10.3 Å². The third kappa shape index (κ3) is 2.92. The van der Waals surface area contributed by atoms with E-state index in [1.165, 1.54) is 11.3 Å². The number of carbonyl (C=O) groups is 1. The van der Waals surface area contributed by atoms with E-state index in [9.17, 15) is 4.79 Å². The van der Waals surface area contributed by atoms with Gasteiger partial charge in [-0.15, -0.1) is 11.3 Å². The average molecular weight is 308 g/mol. The normalized spacial score (nSPS) is 10.5. The first kappa shape index (κ1) is 14.5. The summed E-state index contributed by atoms with van der Waals surface area (Å²) < 4.78 is 0. The number of para-hydroxylation sites is 1. The number of thiazole rings is 1. The highest BCUT2D eigenvalue weighted by molar-refractivity contribution is 7.17. The maximum Gasteiger partial charge on any atom is 0.267 e. The lowest BCUT2D eigenvalue weighted by atomic mass is 10.2. The summed E-state index contributed by atoms with van der Waals surface area (Å²) >= 11 is 1.42. The van der Waals surface area contributed by atoms with Crippen molar-refractivity contribution in [1.29, 1.82) is 0 Å². The average Bonchev–Trinajstić information content (AvgIpc) is 2.92. The van der Waals surface area contributed by atoms with Crippen molar-refractivity contribution in [3.8, 4) is 10.6 Å². The van der Waals surface area contributed by atoms with Crippen LogP contribution >= 0.6 is 11.3 Å². The molecule has 0 bridgehead atoms. The van der Waals surface area contributed by atoms with Gasteiger partial charge in [-0.2, -0.15) is 0 Å². The fourth-order valence-corrected chi connectivity index (χ4v) is 3.17. The minimum atomic E-state index is -0.105. The van der Waals surface area contributed by atoms with Gasteiger partial charge in [0.1, 0.15) is 9.88 Å². The van der Waals surface area contributed by atoms with Crippen molar-refractivity contribution in [3.05, 3.63) is 70.7 Å². The van der Waals surface area contributed by atoms with E-state index >= 15 is 0 Å². The topological polar surface area (TPSA) is 42.0 Å². The number of hydrogen-bond acceptors (Lipinski definition) is 3. The number of nitrogens with one attached hydrogen (secondary N) is 1. The van der Waals surface area contributed by atoms with Crippen LogP contribution in [0, 0.1) is 13.8 Å². The molecule has 3 aromatic rings. The molecule has 110 valence electrons. The first-order valence-electron chi connectivity index (χ1n) is 7.05. The number of carbonyl (C=O) groups excluding carboxylic acids is 1. The van der Waals surface area contributed by atoms with Gasteiger partial charge >= 0.3 is 0 Å². The van der Waals surface area contributed by atoms with Gasteiger partial charge in [0.15, 0.2) is 0 Å². The molecular formula is C18H16N2OS. The van der Waals surface area contributed by atoms with Gasteiger partial charge in [0.25, 0.3) is 5.91 Å². The van der Waals surface area contributed by atoms with Crippen LogP contribution in [0.4, 0.5) is 5.69 Å². The van der Waals surface area contributed by atoms with Gasteiger partial charge in [0, 0.05) is 11.3 Å². The van der Waals surface area contributed by atoms with E-state index in [1.807, 2.05) is 68.4 Å². The van der Waals surface area contributed by atoms with Gasteiger partial charge in [-0.3, -0.25) is 4.79 Å². The summed E-state index contributed by atoms with van der Waals surface area (Å²) in [4.78, 5) is 17.7. The Morgan fingerprint density at radius 2 is 1.68 bits per heavy atom. The Labute approximate surface area is 133 Å². The Hall–Kier alpha value is -2.46. The zero-order valence-corrected chi connectivity index (χ0v) is 13.3. The van der Waals surface area contributed by atoms with Crippen LogP contribution in [0.5, 0.6) is 0 Å². The highest BCUT2D eigenvalue weighted by Crippen LogP contribution is 2.28. The van der Waals surface area contributed by atoms with Gasteiger partial charge in [0.05, 0.1) is 5.69 Å². The standard InChI is InChI=1S/C18H16N2OS/c1-12-8-6-7-11-15(12)20-17(21)16-13(2)19-18(22-16)14-9-4-3-5-10-14/h3-11H,1-2H3,(H,20,21). The molecule has 3 rings (SSSR count). The fraction of sp³-hybridized carbons (Fsp3) is 0.111. The molecule has 22 heavy (non-hydrogen) atoms. The Kier molecular flexibility index (Phi) is 4.02. The number of amides is 1. The largest absolute Gasteiger partial charge is 0.321 e. The molecule has 0 saturated heterocycles. The van der Waals surface area contributed by atoms with Crippen molar-refractivity contribution >= 4 is 22.9 Å². The maximum absolute atomic E-state index is 12.5. The number of benzene rings is 2. The van der Waals surface area contributed by atoms with Crippen LogP contribution in [-0.2, 0) is 0 Å². The summed E-state index contributed by atoms with van der Waals surface area (Å²) in [6, 6.07) is 17.7. The molecule has 1 amide bonds. The quantitative estimate of drug-likeness (QED) is 0.763. The molecule has 0 aliphatic rings. The summed E-state index contributed by atoms with van der Waals surface area (Å²) in [7, 11) is 0. The summed E-state index contributed by atoms with van der Waals surface area (Å²) in [5, 5.41) is 3.83. The van der Waals surface area contributed by atoms with E-state index in [4.69, 9.17) is 0 Å². The number of nitrogens with zero attached hydrogens (tertiary/aromatic N) is 1. The van der Waals surface area contributed by atoms with E-state index in [0.717, 1.165) is 27.5 Å². The number of anilines is 1.